The number of rotatable bonds is 2. The molecule has 0 atom stereocenters. The first-order valence-electron chi connectivity index (χ1n) is 5.95. The van der Waals surface area contributed by atoms with Crippen LogP contribution in [0.5, 0.6) is 0 Å². The highest BCUT2D eigenvalue weighted by atomic mass is 32.1. The lowest BCUT2D eigenvalue weighted by atomic mass is 10.3. The molecule has 98 valence electrons. The Kier molecular flexibility index (Phi) is 3.22. The van der Waals surface area contributed by atoms with Gasteiger partial charge in [0.05, 0.1) is 5.69 Å². The highest BCUT2D eigenvalue weighted by Gasteiger charge is 2.32. The van der Waals surface area contributed by atoms with Gasteiger partial charge in [0.15, 0.2) is 5.11 Å². The van der Waals surface area contributed by atoms with Gasteiger partial charge in [-0.3, -0.25) is 9.78 Å². The molecule has 1 aliphatic rings. The van der Waals surface area contributed by atoms with Gasteiger partial charge >= 0.3 is 0 Å². The van der Waals surface area contributed by atoms with E-state index in [1.54, 1.807) is 36.7 Å². The average Bonchev–Trinajstić information content (AvgIpc) is 2.75. The number of hydrogen-bond acceptors (Lipinski definition) is 4. The molecule has 1 fully saturated rings. The zero-order chi connectivity index (χ0) is 13.9. The van der Waals surface area contributed by atoms with Gasteiger partial charge in [0.1, 0.15) is 11.5 Å². The second kappa shape index (κ2) is 5.18. The maximum Gasteiger partial charge on any atom is 0.282 e. The van der Waals surface area contributed by atoms with Crippen LogP contribution in [0.15, 0.2) is 54.5 Å². The molecule has 2 aromatic heterocycles. The minimum Gasteiger partial charge on any atom is -0.327 e. The number of hydrogen-bond donors (Lipinski definition) is 1. The van der Waals surface area contributed by atoms with Crippen molar-refractivity contribution < 1.29 is 4.79 Å². The van der Waals surface area contributed by atoms with Gasteiger partial charge in [-0.25, -0.2) is 9.88 Å². The van der Waals surface area contributed by atoms with E-state index < -0.39 is 0 Å². The van der Waals surface area contributed by atoms with E-state index in [0.29, 0.717) is 22.3 Å². The molecule has 0 spiro atoms. The fourth-order valence-corrected chi connectivity index (χ4v) is 2.12. The Morgan fingerprint density at radius 3 is 2.50 bits per heavy atom. The first-order valence-corrected chi connectivity index (χ1v) is 6.36. The molecule has 1 N–H and O–H groups in total. The summed E-state index contributed by atoms with van der Waals surface area (Å²) in [5.74, 6) is 0.263. The molecular weight excluding hydrogens is 272 g/mol. The molecule has 0 saturated carbocycles. The van der Waals surface area contributed by atoms with Crippen LogP contribution in [0.1, 0.15) is 5.69 Å². The lowest BCUT2D eigenvalue weighted by Crippen LogP contribution is -2.31. The zero-order valence-electron chi connectivity index (χ0n) is 10.4. The van der Waals surface area contributed by atoms with Gasteiger partial charge < -0.3 is 5.32 Å². The van der Waals surface area contributed by atoms with Crippen LogP contribution >= 0.6 is 12.2 Å². The van der Waals surface area contributed by atoms with Crippen LogP contribution in [0.3, 0.4) is 0 Å². The van der Waals surface area contributed by atoms with Crippen molar-refractivity contribution in [3.63, 3.8) is 0 Å². The molecule has 1 aliphatic heterocycles. The fraction of sp³-hybridized carbons (Fsp3) is 0. The normalized spacial score (nSPS) is 16.6. The lowest BCUT2D eigenvalue weighted by Gasteiger charge is -2.11. The highest BCUT2D eigenvalue weighted by Crippen LogP contribution is 2.19. The van der Waals surface area contributed by atoms with E-state index in [1.807, 2.05) is 18.2 Å². The van der Waals surface area contributed by atoms with Crippen LogP contribution in [0.25, 0.3) is 6.08 Å². The summed E-state index contributed by atoms with van der Waals surface area (Å²) in [4.78, 5) is 22.0. The van der Waals surface area contributed by atoms with Crippen LogP contribution < -0.4 is 10.2 Å². The summed E-state index contributed by atoms with van der Waals surface area (Å²) in [5.41, 5.74) is 1.08. The second-order valence-electron chi connectivity index (χ2n) is 4.07. The molecule has 5 nitrogen and oxygen atoms in total. The predicted octanol–water partition coefficient (Wildman–Crippen LogP) is 1.74. The Balaban J connectivity index is 1.93. The topological polar surface area (TPSA) is 58.1 Å². The van der Waals surface area contributed by atoms with Gasteiger partial charge in [0.2, 0.25) is 0 Å². The Hall–Kier alpha value is -2.60. The van der Waals surface area contributed by atoms with Crippen LogP contribution in [0.4, 0.5) is 5.82 Å². The smallest absolute Gasteiger partial charge is 0.282 e. The third-order valence-corrected chi connectivity index (χ3v) is 3.02. The molecule has 0 unspecified atom stereocenters. The quantitative estimate of drug-likeness (QED) is 0.671. The van der Waals surface area contributed by atoms with E-state index in [9.17, 15) is 4.79 Å². The third kappa shape index (κ3) is 2.28. The zero-order valence-corrected chi connectivity index (χ0v) is 11.2. The minimum atomic E-state index is -0.237. The molecule has 0 bridgehead atoms. The van der Waals surface area contributed by atoms with Crippen molar-refractivity contribution in [2.75, 3.05) is 4.90 Å². The monoisotopic (exact) mass is 282 g/mol. The molecule has 6 heteroatoms. The van der Waals surface area contributed by atoms with Crippen molar-refractivity contribution in [3.05, 3.63) is 60.2 Å². The van der Waals surface area contributed by atoms with Crippen LogP contribution in [0.2, 0.25) is 0 Å². The van der Waals surface area contributed by atoms with E-state index in [-0.39, 0.29) is 5.91 Å². The summed E-state index contributed by atoms with van der Waals surface area (Å²) in [6.07, 6.45) is 4.95. The van der Waals surface area contributed by atoms with E-state index in [4.69, 9.17) is 12.2 Å². The van der Waals surface area contributed by atoms with Gasteiger partial charge in [0, 0.05) is 12.4 Å². The summed E-state index contributed by atoms with van der Waals surface area (Å²) in [5, 5.41) is 3.21. The fourth-order valence-electron chi connectivity index (χ4n) is 1.84. The molecule has 0 aromatic carbocycles. The van der Waals surface area contributed by atoms with E-state index in [1.165, 1.54) is 4.90 Å². The first kappa shape index (κ1) is 12.4. The number of nitrogens with one attached hydrogen (secondary N) is 1. The van der Waals surface area contributed by atoms with Crippen molar-refractivity contribution >= 4 is 35.1 Å². The number of nitrogens with zero attached hydrogens (tertiary/aromatic N) is 3. The van der Waals surface area contributed by atoms with E-state index >= 15 is 0 Å². The Morgan fingerprint density at radius 1 is 1.10 bits per heavy atom. The predicted molar refractivity (Wildman–Crippen MR) is 79.7 cm³/mol. The maximum absolute atomic E-state index is 12.4. The van der Waals surface area contributed by atoms with Crippen molar-refractivity contribution in [1.82, 2.24) is 15.3 Å². The van der Waals surface area contributed by atoms with Crippen LogP contribution in [-0.2, 0) is 4.79 Å². The first-order chi connectivity index (χ1) is 9.75. The van der Waals surface area contributed by atoms with Crippen molar-refractivity contribution in [3.8, 4) is 0 Å². The Labute approximate surface area is 121 Å². The van der Waals surface area contributed by atoms with Gasteiger partial charge in [-0.1, -0.05) is 12.1 Å². The SMILES string of the molecule is O=C1/C(=C/c2ccccn2)NC(=S)N1c1ccccn1. The number of pyridine rings is 2. The molecule has 3 heterocycles. The lowest BCUT2D eigenvalue weighted by molar-refractivity contribution is -0.113. The van der Waals surface area contributed by atoms with Crippen molar-refractivity contribution in [2.45, 2.75) is 0 Å². The van der Waals surface area contributed by atoms with Gasteiger partial charge in [-0.2, -0.15) is 0 Å². The number of anilines is 1. The van der Waals surface area contributed by atoms with E-state index in [2.05, 4.69) is 15.3 Å². The summed E-state index contributed by atoms with van der Waals surface area (Å²) < 4.78 is 0. The summed E-state index contributed by atoms with van der Waals surface area (Å²) >= 11 is 5.19. The Bertz CT molecular complexity index is 685. The van der Waals surface area contributed by atoms with E-state index in [0.717, 1.165) is 0 Å². The molecule has 1 amide bonds. The molecular formula is C14H10N4OS. The molecule has 1 saturated heterocycles. The number of carbonyl (C=O) groups excluding carboxylic acids is 1. The molecule has 3 rings (SSSR count). The molecule has 2 aromatic rings. The largest absolute Gasteiger partial charge is 0.327 e. The van der Waals surface area contributed by atoms with Crippen LogP contribution in [-0.4, -0.2) is 21.0 Å². The molecule has 0 aliphatic carbocycles. The number of aromatic nitrogens is 2. The number of thiocarbonyl (C=S) groups is 1. The number of amides is 1. The molecule has 20 heavy (non-hydrogen) atoms. The van der Waals surface area contributed by atoms with Gasteiger partial charge in [-0.15, -0.1) is 0 Å². The highest BCUT2D eigenvalue weighted by molar-refractivity contribution is 7.80. The van der Waals surface area contributed by atoms with Gasteiger partial charge in [0.25, 0.3) is 5.91 Å². The summed E-state index contributed by atoms with van der Waals surface area (Å²) in [6.45, 7) is 0. The van der Waals surface area contributed by atoms with Gasteiger partial charge in [-0.05, 0) is 42.6 Å². The minimum absolute atomic E-state index is 0.237. The maximum atomic E-state index is 12.4. The Morgan fingerprint density at radius 2 is 1.85 bits per heavy atom. The molecule has 0 radical (unpaired) electrons. The second-order valence-corrected chi connectivity index (χ2v) is 4.46. The average molecular weight is 282 g/mol. The summed E-state index contributed by atoms with van der Waals surface area (Å²) in [7, 11) is 0. The third-order valence-electron chi connectivity index (χ3n) is 2.74. The summed E-state index contributed by atoms with van der Waals surface area (Å²) in [6, 6.07) is 10.8. The van der Waals surface area contributed by atoms with Crippen molar-refractivity contribution in [2.24, 2.45) is 0 Å². The van der Waals surface area contributed by atoms with Crippen molar-refractivity contribution in [1.29, 1.82) is 0 Å². The number of carbonyl (C=O) groups is 1. The standard InChI is InChI=1S/C14H10N4OS/c19-13-11(9-10-5-1-3-7-15-10)17-14(20)18(13)12-6-2-4-8-16-12/h1-9H,(H,17,20)/b11-9-. The van der Waals surface area contributed by atoms with Crippen LogP contribution in [0, 0.1) is 0 Å².